The summed E-state index contributed by atoms with van der Waals surface area (Å²) >= 11 is 0. The van der Waals surface area contributed by atoms with E-state index in [9.17, 15) is 0 Å². The predicted molar refractivity (Wildman–Crippen MR) is 91.7 cm³/mol. The third kappa shape index (κ3) is 2.83. The molecule has 0 aliphatic heterocycles. The van der Waals surface area contributed by atoms with Gasteiger partial charge in [0.25, 0.3) is 0 Å². The zero-order valence-electron chi connectivity index (χ0n) is 13.1. The summed E-state index contributed by atoms with van der Waals surface area (Å²) in [7, 11) is 0. The van der Waals surface area contributed by atoms with Crippen molar-refractivity contribution >= 4 is 0 Å². The van der Waals surface area contributed by atoms with Crippen LogP contribution in [0, 0.1) is 11.8 Å². The molecule has 0 aromatic heterocycles. The smallest absolute Gasteiger partial charge is 0.0208 e. The molecule has 2 unspecified atom stereocenters. The third-order valence-electron chi connectivity index (χ3n) is 5.72. The molecule has 0 radical (unpaired) electrons. The van der Waals surface area contributed by atoms with E-state index >= 15 is 0 Å². The molecule has 2 bridgehead atoms. The van der Waals surface area contributed by atoms with Crippen LogP contribution in [0.3, 0.4) is 0 Å². The molecule has 4 rings (SSSR count). The lowest BCUT2D eigenvalue weighted by Crippen LogP contribution is -2.37. The van der Waals surface area contributed by atoms with Crippen LogP contribution in [0.2, 0.25) is 0 Å². The fourth-order valence-electron chi connectivity index (χ4n) is 4.77. The molecule has 22 heavy (non-hydrogen) atoms. The fourth-order valence-corrected chi connectivity index (χ4v) is 4.77. The predicted octanol–water partition coefficient (Wildman–Crippen LogP) is 4.75. The van der Waals surface area contributed by atoms with Gasteiger partial charge in [-0.05, 0) is 54.6 Å². The molecule has 1 heteroatoms. The summed E-state index contributed by atoms with van der Waals surface area (Å²) in [6.45, 7) is 1.01. The number of benzene rings is 2. The SMILES string of the molecule is c1ccc(CNC2CC3CCC(C2)C3c2ccccc2)cc1. The van der Waals surface area contributed by atoms with Crippen molar-refractivity contribution in [1.29, 1.82) is 0 Å². The molecule has 114 valence electrons. The highest BCUT2D eigenvalue weighted by molar-refractivity contribution is 5.24. The van der Waals surface area contributed by atoms with E-state index < -0.39 is 0 Å². The van der Waals surface area contributed by atoms with E-state index in [1.54, 1.807) is 5.56 Å². The van der Waals surface area contributed by atoms with Crippen LogP contribution >= 0.6 is 0 Å². The minimum absolute atomic E-state index is 0.706. The highest BCUT2D eigenvalue weighted by atomic mass is 14.9. The van der Waals surface area contributed by atoms with Crippen molar-refractivity contribution in [2.24, 2.45) is 11.8 Å². The molecule has 0 spiro atoms. The molecule has 1 nitrogen and oxygen atoms in total. The quantitative estimate of drug-likeness (QED) is 0.857. The van der Waals surface area contributed by atoms with Gasteiger partial charge in [-0.1, -0.05) is 60.7 Å². The van der Waals surface area contributed by atoms with Gasteiger partial charge in [0.15, 0.2) is 0 Å². The Bertz CT molecular complexity index is 578. The van der Waals surface area contributed by atoms with Gasteiger partial charge in [-0.3, -0.25) is 0 Å². The van der Waals surface area contributed by atoms with Crippen molar-refractivity contribution in [3.8, 4) is 0 Å². The molecule has 0 saturated heterocycles. The van der Waals surface area contributed by atoms with Crippen molar-refractivity contribution in [3.05, 3.63) is 71.8 Å². The van der Waals surface area contributed by atoms with Gasteiger partial charge in [0.2, 0.25) is 0 Å². The first-order chi connectivity index (χ1) is 10.9. The van der Waals surface area contributed by atoms with Crippen LogP contribution in [0.5, 0.6) is 0 Å². The monoisotopic (exact) mass is 291 g/mol. The van der Waals surface area contributed by atoms with E-state index in [1.165, 1.54) is 31.2 Å². The van der Waals surface area contributed by atoms with Crippen molar-refractivity contribution in [3.63, 3.8) is 0 Å². The molecular formula is C21H25N. The van der Waals surface area contributed by atoms with Gasteiger partial charge in [-0.25, -0.2) is 0 Å². The Morgan fingerprint density at radius 1 is 0.773 bits per heavy atom. The summed E-state index contributed by atoms with van der Waals surface area (Å²) in [6.07, 6.45) is 5.55. The average molecular weight is 291 g/mol. The third-order valence-corrected chi connectivity index (χ3v) is 5.72. The lowest BCUT2D eigenvalue weighted by atomic mass is 9.73. The molecule has 1 N–H and O–H groups in total. The second-order valence-corrected chi connectivity index (χ2v) is 7.07. The molecule has 2 atom stereocenters. The molecule has 2 saturated carbocycles. The topological polar surface area (TPSA) is 12.0 Å². The Labute approximate surface area is 133 Å². The second-order valence-electron chi connectivity index (χ2n) is 7.07. The zero-order chi connectivity index (χ0) is 14.8. The lowest BCUT2D eigenvalue weighted by molar-refractivity contribution is 0.242. The summed E-state index contributed by atoms with van der Waals surface area (Å²) in [6, 6.07) is 22.7. The normalized spacial score (nSPS) is 30.4. The van der Waals surface area contributed by atoms with Gasteiger partial charge < -0.3 is 5.32 Å². The first kappa shape index (κ1) is 14.0. The van der Waals surface area contributed by atoms with Crippen LogP contribution in [0.15, 0.2) is 60.7 Å². The largest absolute Gasteiger partial charge is 0.310 e. The Hall–Kier alpha value is -1.60. The molecule has 2 aromatic rings. The van der Waals surface area contributed by atoms with E-state index in [-0.39, 0.29) is 0 Å². The van der Waals surface area contributed by atoms with Crippen LogP contribution in [-0.4, -0.2) is 6.04 Å². The Morgan fingerprint density at radius 3 is 2.00 bits per heavy atom. The number of hydrogen-bond donors (Lipinski definition) is 1. The molecule has 0 heterocycles. The van der Waals surface area contributed by atoms with Crippen molar-refractivity contribution < 1.29 is 0 Å². The maximum Gasteiger partial charge on any atom is 0.0208 e. The number of rotatable bonds is 4. The van der Waals surface area contributed by atoms with E-state index in [4.69, 9.17) is 0 Å². The second kappa shape index (κ2) is 6.26. The Balaban J connectivity index is 1.40. The Morgan fingerprint density at radius 2 is 1.36 bits per heavy atom. The summed E-state index contributed by atoms with van der Waals surface area (Å²) < 4.78 is 0. The standard InChI is InChI=1S/C21H25N/c1-3-7-16(8-4-1)15-22-20-13-18-11-12-19(14-20)21(18)17-9-5-2-6-10-17/h1-10,18-22H,11-15H2. The molecular weight excluding hydrogens is 266 g/mol. The first-order valence-corrected chi connectivity index (χ1v) is 8.72. The molecule has 2 aromatic carbocycles. The fraction of sp³-hybridized carbons (Fsp3) is 0.429. The molecule has 2 fully saturated rings. The van der Waals surface area contributed by atoms with Gasteiger partial charge in [0.05, 0.1) is 0 Å². The lowest BCUT2D eigenvalue weighted by Gasteiger charge is -2.36. The average Bonchev–Trinajstić information content (AvgIpc) is 2.85. The van der Waals surface area contributed by atoms with E-state index in [2.05, 4.69) is 66.0 Å². The van der Waals surface area contributed by atoms with Crippen LogP contribution in [0.25, 0.3) is 0 Å². The highest BCUT2D eigenvalue weighted by Crippen LogP contribution is 2.52. The van der Waals surface area contributed by atoms with Crippen molar-refractivity contribution in [2.75, 3.05) is 0 Å². The number of hydrogen-bond acceptors (Lipinski definition) is 1. The van der Waals surface area contributed by atoms with Gasteiger partial charge in [0, 0.05) is 12.6 Å². The van der Waals surface area contributed by atoms with Crippen molar-refractivity contribution in [2.45, 2.75) is 44.2 Å². The van der Waals surface area contributed by atoms with E-state index in [0.29, 0.717) is 6.04 Å². The summed E-state index contributed by atoms with van der Waals surface area (Å²) in [5, 5.41) is 3.81. The van der Waals surface area contributed by atoms with E-state index in [1.807, 2.05) is 0 Å². The van der Waals surface area contributed by atoms with Gasteiger partial charge in [-0.15, -0.1) is 0 Å². The zero-order valence-corrected chi connectivity index (χ0v) is 13.1. The van der Waals surface area contributed by atoms with E-state index in [0.717, 1.165) is 24.3 Å². The number of fused-ring (bicyclic) bond motifs is 2. The Kier molecular flexibility index (Phi) is 3.99. The van der Waals surface area contributed by atoms with Crippen LogP contribution < -0.4 is 5.32 Å². The summed E-state index contributed by atoms with van der Waals surface area (Å²) in [4.78, 5) is 0. The minimum atomic E-state index is 0.706. The minimum Gasteiger partial charge on any atom is -0.310 e. The molecule has 0 amide bonds. The van der Waals surface area contributed by atoms with Crippen LogP contribution in [0.1, 0.15) is 42.7 Å². The van der Waals surface area contributed by atoms with Gasteiger partial charge in [0.1, 0.15) is 0 Å². The highest BCUT2D eigenvalue weighted by Gasteiger charge is 2.42. The maximum absolute atomic E-state index is 3.81. The number of nitrogens with one attached hydrogen (secondary N) is 1. The summed E-state index contributed by atoms with van der Waals surface area (Å²) in [5.74, 6) is 2.58. The summed E-state index contributed by atoms with van der Waals surface area (Å²) in [5.41, 5.74) is 2.98. The van der Waals surface area contributed by atoms with Gasteiger partial charge >= 0.3 is 0 Å². The maximum atomic E-state index is 3.81. The molecule has 2 aliphatic carbocycles. The first-order valence-electron chi connectivity index (χ1n) is 8.72. The molecule has 2 aliphatic rings. The van der Waals surface area contributed by atoms with Gasteiger partial charge in [-0.2, -0.15) is 0 Å². The van der Waals surface area contributed by atoms with Crippen molar-refractivity contribution in [1.82, 2.24) is 5.32 Å². The van der Waals surface area contributed by atoms with Crippen LogP contribution in [-0.2, 0) is 6.54 Å². The van der Waals surface area contributed by atoms with Crippen LogP contribution in [0.4, 0.5) is 0 Å².